The van der Waals surface area contributed by atoms with E-state index in [1.807, 2.05) is 13.8 Å². The van der Waals surface area contributed by atoms with Crippen LogP contribution >= 0.6 is 0 Å². The molecule has 0 saturated heterocycles. The van der Waals surface area contributed by atoms with E-state index in [2.05, 4.69) is 5.32 Å². The van der Waals surface area contributed by atoms with Crippen molar-refractivity contribution in [1.29, 1.82) is 0 Å². The monoisotopic (exact) mass is 287 g/mol. The Kier molecular flexibility index (Phi) is 4.28. The minimum absolute atomic E-state index is 0.0977. The summed E-state index contributed by atoms with van der Waals surface area (Å²) in [5.74, 6) is -0.0977. The van der Waals surface area contributed by atoms with Gasteiger partial charge in [-0.15, -0.1) is 0 Å². The Morgan fingerprint density at radius 3 is 2.45 bits per heavy atom. The third kappa shape index (κ3) is 4.40. The molecule has 0 unspecified atom stereocenters. The van der Waals surface area contributed by atoms with Crippen LogP contribution in [0.4, 0.5) is 13.2 Å². The summed E-state index contributed by atoms with van der Waals surface area (Å²) in [6.07, 6.45) is -2.01. The molecule has 1 aliphatic rings. The van der Waals surface area contributed by atoms with E-state index in [0.29, 0.717) is 6.04 Å². The van der Waals surface area contributed by atoms with Gasteiger partial charge in [-0.25, -0.2) is 0 Å². The molecule has 0 aliphatic heterocycles. The highest BCUT2D eigenvalue weighted by atomic mass is 19.4. The van der Waals surface area contributed by atoms with E-state index >= 15 is 0 Å². The average molecular weight is 287 g/mol. The van der Waals surface area contributed by atoms with E-state index in [9.17, 15) is 13.2 Å². The molecular weight excluding hydrogens is 267 g/mol. The number of hydrogen-bond acceptors (Lipinski definition) is 2. The lowest BCUT2D eigenvalue weighted by Gasteiger charge is -2.26. The molecule has 2 nitrogen and oxygen atoms in total. The molecule has 112 valence electrons. The lowest BCUT2D eigenvalue weighted by molar-refractivity contribution is -0.139. The number of rotatable bonds is 6. The fraction of sp³-hybridized carbons (Fsp3) is 0.600. The van der Waals surface area contributed by atoms with Gasteiger partial charge in [-0.2, -0.15) is 13.2 Å². The van der Waals surface area contributed by atoms with E-state index < -0.39 is 11.7 Å². The first-order valence-electron chi connectivity index (χ1n) is 6.80. The maximum atomic E-state index is 12.8. The Labute approximate surface area is 117 Å². The molecule has 1 saturated carbocycles. The zero-order chi connectivity index (χ0) is 14.8. The van der Waals surface area contributed by atoms with Gasteiger partial charge in [0.1, 0.15) is 5.75 Å². The summed E-state index contributed by atoms with van der Waals surface area (Å²) in [4.78, 5) is 0. The lowest BCUT2D eigenvalue weighted by Crippen LogP contribution is -2.35. The second-order valence-corrected chi connectivity index (χ2v) is 6.10. The second-order valence-electron chi connectivity index (χ2n) is 6.10. The Balaban J connectivity index is 1.95. The van der Waals surface area contributed by atoms with Crippen LogP contribution in [0.15, 0.2) is 24.3 Å². The molecule has 0 atom stereocenters. The zero-order valence-corrected chi connectivity index (χ0v) is 11.8. The maximum absolute atomic E-state index is 12.8. The molecule has 0 heterocycles. The standard InChI is InChI=1S/C15H20F3NO/c1-14(2,9-19-11-7-8-11)10-20-13-6-4-3-5-12(13)15(16,17)18/h3-6,11,19H,7-10H2,1-2H3. The van der Waals surface area contributed by atoms with E-state index in [4.69, 9.17) is 4.74 Å². The van der Waals surface area contributed by atoms with Gasteiger partial charge in [0.15, 0.2) is 0 Å². The summed E-state index contributed by atoms with van der Waals surface area (Å²) in [5, 5.41) is 3.38. The van der Waals surface area contributed by atoms with Crippen LogP contribution in [0, 0.1) is 5.41 Å². The van der Waals surface area contributed by atoms with Crippen LogP contribution < -0.4 is 10.1 Å². The van der Waals surface area contributed by atoms with Crippen LogP contribution in [0.1, 0.15) is 32.3 Å². The van der Waals surface area contributed by atoms with Crippen molar-refractivity contribution in [3.63, 3.8) is 0 Å². The van der Waals surface area contributed by atoms with Gasteiger partial charge < -0.3 is 10.1 Å². The quantitative estimate of drug-likeness (QED) is 0.857. The van der Waals surface area contributed by atoms with Gasteiger partial charge >= 0.3 is 6.18 Å². The molecule has 20 heavy (non-hydrogen) atoms. The van der Waals surface area contributed by atoms with Crippen LogP contribution in [0.2, 0.25) is 0 Å². The molecule has 1 aromatic rings. The number of hydrogen-bond donors (Lipinski definition) is 1. The van der Waals surface area contributed by atoms with Crippen LogP contribution in [0.5, 0.6) is 5.75 Å². The van der Waals surface area contributed by atoms with E-state index in [1.165, 1.54) is 25.0 Å². The number of ether oxygens (including phenoxy) is 1. The molecule has 0 aromatic heterocycles. The average Bonchev–Trinajstić information content (AvgIpc) is 3.18. The van der Waals surface area contributed by atoms with Gasteiger partial charge in [0.25, 0.3) is 0 Å². The molecule has 1 aliphatic carbocycles. The molecular formula is C15H20F3NO. The Bertz CT molecular complexity index is 453. The van der Waals surface area contributed by atoms with E-state index in [-0.39, 0.29) is 17.8 Å². The fourth-order valence-electron chi connectivity index (χ4n) is 1.86. The normalized spacial score (nSPS) is 16.2. The zero-order valence-electron chi connectivity index (χ0n) is 11.8. The van der Waals surface area contributed by atoms with Gasteiger partial charge in [-0.3, -0.25) is 0 Å². The lowest BCUT2D eigenvalue weighted by atomic mass is 9.95. The highest BCUT2D eigenvalue weighted by Gasteiger charge is 2.34. The fourth-order valence-corrected chi connectivity index (χ4v) is 1.86. The molecule has 5 heteroatoms. The largest absolute Gasteiger partial charge is 0.492 e. The molecule has 2 rings (SSSR count). The first kappa shape index (κ1) is 15.2. The van der Waals surface area contributed by atoms with Gasteiger partial charge in [-0.1, -0.05) is 26.0 Å². The van der Waals surface area contributed by atoms with Gasteiger partial charge in [0, 0.05) is 18.0 Å². The number of halogens is 3. The summed E-state index contributed by atoms with van der Waals surface area (Å²) < 4.78 is 43.9. The molecule has 0 radical (unpaired) electrons. The number of nitrogens with one attached hydrogen (secondary N) is 1. The smallest absolute Gasteiger partial charge is 0.419 e. The summed E-state index contributed by atoms with van der Waals surface area (Å²) in [6, 6.07) is 5.92. The molecule has 0 spiro atoms. The topological polar surface area (TPSA) is 21.3 Å². The second kappa shape index (κ2) is 5.64. The minimum Gasteiger partial charge on any atom is -0.492 e. The van der Waals surface area contributed by atoms with Crippen molar-refractivity contribution in [2.24, 2.45) is 5.41 Å². The van der Waals surface area contributed by atoms with Crippen molar-refractivity contribution in [2.75, 3.05) is 13.2 Å². The first-order valence-corrected chi connectivity index (χ1v) is 6.80. The summed E-state index contributed by atoms with van der Waals surface area (Å²) in [5.41, 5.74) is -0.924. The minimum atomic E-state index is -4.38. The van der Waals surface area contributed by atoms with Crippen LogP contribution in [-0.2, 0) is 6.18 Å². The van der Waals surface area contributed by atoms with Gasteiger partial charge in [-0.05, 0) is 25.0 Å². The van der Waals surface area contributed by atoms with E-state index in [1.54, 1.807) is 6.07 Å². The van der Waals surface area contributed by atoms with E-state index in [0.717, 1.165) is 12.6 Å². The Morgan fingerprint density at radius 2 is 1.85 bits per heavy atom. The van der Waals surface area contributed by atoms with Crippen molar-refractivity contribution in [3.05, 3.63) is 29.8 Å². The summed E-state index contributed by atoms with van der Waals surface area (Å²) in [6.45, 7) is 4.96. The Morgan fingerprint density at radius 1 is 1.20 bits per heavy atom. The predicted molar refractivity (Wildman–Crippen MR) is 71.7 cm³/mol. The third-order valence-electron chi connectivity index (χ3n) is 3.26. The van der Waals surface area contributed by atoms with Crippen LogP contribution in [-0.4, -0.2) is 19.2 Å². The Hall–Kier alpha value is -1.23. The van der Waals surface area contributed by atoms with Gasteiger partial charge in [0.2, 0.25) is 0 Å². The predicted octanol–water partition coefficient (Wildman–Crippen LogP) is 3.86. The van der Waals surface area contributed by atoms with Crippen molar-refractivity contribution in [2.45, 2.75) is 38.9 Å². The van der Waals surface area contributed by atoms with Crippen molar-refractivity contribution in [3.8, 4) is 5.75 Å². The number of benzene rings is 1. The SMILES string of the molecule is CC(C)(CNC1CC1)COc1ccccc1C(F)(F)F. The molecule has 0 amide bonds. The highest BCUT2D eigenvalue weighted by Crippen LogP contribution is 2.36. The van der Waals surface area contributed by atoms with Crippen LogP contribution in [0.3, 0.4) is 0 Å². The maximum Gasteiger partial charge on any atom is 0.419 e. The molecule has 1 fully saturated rings. The van der Waals surface area contributed by atoms with Gasteiger partial charge in [0.05, 0.1) is 12.2 Å². The van der Waals surface area contributed by atoms with Crippen molar-refractivity contribution >= 4 is 0 Å². The summed E-state index contributed by atoms with van der Waals surface area (Å²) >= 11 is 0. The third-order valence-corrected chi connectivity index (χ3v) is 3.26. The summed E-state index contributed by atoms with van der Waals surface area (Å²) in [7, 11) is 0. The highest BCUT2D eigenvalue weighted by molar-refractivity contribution is 5.35. The first-order chi connectivity index (χ1) is 9.28. The molecule has 0 bridgehead atoms. The van der Waals surface area contributed by atoms with Crippen LogP contribution in [0.25, 0.3) is 0 Å². The van der Waals surface area contributed by atoms with Crippen molar-refractivity contribution in [1.82, 2.24) is 5.32 Å². The van der Waals surface area contributed by atoms with Crippen molar-refractivity contribution < 1.29 is 17.9 Å². The number of para-hydroxylation sites is 1. The molecule has 1 aromatic carbocycles. The number of alkyl halides is 3. The molecule has 1 N–H and O–H groups in total.